The topological polar surface area (TPSA) is 17.1 Å². The van der Waals surface area contributed by atoms with E-state index in [0.717, 1.165) is 14.2 Å². The predicted octanol–water partition coefficient (Wildman–Crippen LogP) is 2.43. The highest BCUT2D eigenvalue weighted by atomic mass is 127. The lowest BCUT2D eigenvalue weighted by Crippen LogP contribution is -1.73. The van der Waals surface area contributed by atoms with Gasteiger partial charge in [-0.3, -0.25) is 4.79 Å². The van der Waals surface area contributed by atoms with Gasteiger partial charge >= 0.3 is 0 Å². The molecule has 0 radical (unpaired) electrons. The lowest BCUT2D eigenvalue weighted by atomic mass is 11.1. The van der Waals surface area contributed by atoms with Crippen molar-refractivity contribution in [1.82, 2.24) is 0 Å². The number of rotatable bonds is 0. The van der Waals surface area contributed by atoms with E-state index in [1.807, 2.05) is 22.6 Å². The molecule has 1 heterocycles. The van der Waals surface area contributed by atoms with Gasteiger partial charge in [-0.1, -0.05) is 34.3 Å². The third-order valence-electron chi connectivity index (χ3n) is 0.500. The highest BCUT2D eigenvalue weighted by Crippen LogP contribution is 2.23. The van der Waals surface area contributed by atoms with Crippen LogP contribution in [0.1, 0.15) is 0 Å². The summed E-state index contributed by atoms with van der Waals surface area (Å²) in [5, 5.41) is 0. The molecule has 0 aliphatic carbocycles. The second kappa shape index (κ2) is 2.64. The normalized spacial score (nSPS) is 9.75. The molecule has 1 aromatic rings. The molecule has 0 saturated carbocycles. The summed E-state index contributed by atoms with van der Waals surface area (Å²) >= 11 is 9.87. The summed E-state index contributed by atoms with van der Waals surface area (Å²) in [6.45, 7) is 0. The summed E-state index contributed by atoms with van der Waals surface area (Å²) in [5.74, 6) is 0. The molecule has 0 fully saturated rings. The molecule has 0 saturated heterocycles. The molecule has 0 amide bonds. The van der Waals surface area contributed by atoms with Gasteiger partial charge in [0.15, 0.2) is 0 Å². The van der Waals surface area contributed by atoms with Gasteiger partial charge < -0.3 is 0 Å². The Morgan fingerprint density at radius 1 is 1.50 bits per heavy atom. The maximum Gasteiger partial charge on any atom is 0.289 e. The summed E-state index contributed by atoms with van der Waals surface area (Å²) in [6.07, 6.45) is 0. The standard InChI is InChI=1S/C3ClIOS2/c4-1-2(5)8-3(6)7-1. The molecule has 0 aromatic carbocycles. The largest absolute Gasteiger partial charge is 0.289 e. The van der Waals surface area contributed by atoms with E-state index in [-0.39, 0.29) is 4.06 Å². The van der Waals surface area contributed by atoms with Crippen LogP contribution in [0.5, 0.6) is 0 Å². The fourth-order valence-corrected chi connectivity index (χ4v) is 3.46. The first-order valence-electron chi connectivity index (χ1n) is 1.65. The summed E-state index contributed by atoms with van der Waals surface area (Å²) < 4.78 is 1.57. The minimum absolute atomic E-state index is 0.0689. The molecule has 1 nitrogen and oxygen atoms in total. The molecule has 0 N–H and O–H groups in total. The first-order valence-corrected chi connectivity index (χ1v) is 4.74. The zero-order chi connectivity index (χ0) is 6.15. The van der Waals surface area contributed by atoms with Crippen LogP contribution >= 0.6 is 56.9 Å². The molecule has 8 heavy (non-hydrogen) atoms. The molecule has 0 aliphatic rings. The molecule has 0 atom stereocenters. The van der Waals surface area contributed by atoms with Crippen LogP contribution in [0.2, 0.25) is 4.34 Å². The Kier molecular flexibility index (Phi) is 2.30. The molecular formula is C3ClIOS2. The zero-order valence-electron chi connectivity index (χ0n) is 3.48. The van der Waals surface area contributed by atoms with Crippen LogP contribution < -0.4 is 4.06 Å². The Balaban J connectivity index is 3.35. The summed E-state index contributed by atoms with van der Waals surface area (Å²) in [6, 6.07) is 0. The average molecular weight is 279 g/mol. The number of hydrogen-bond acceptors (Lipinski definition) is 3. The quantitative estimate of drug-likeness (QED) is 0.666. The van der Waals surface area contributed by atoms with Crippen LogP contribution in [0.15, 0.2) is 4.79 Å². The van der Waals surface area contributed by atoms with Crippen molar-refractivity contribution < 1.29 is 0 Å². The van der Waals surface area contributed by atoms with Gasteiger partial charge in [0.25, 0.3) is 4.06 Å². The van der Waals surface area contributed by atoms with E-state index in [2.05, 4.69) is 0 Å². The van der Waals surface area contributed by atoms with Gasteiger partial charge in [0.2, 0.25) is 0 Å². The summed E-state index contributed by atoms with van der Waals surface area (Å²) in [4.78, 5) is 10.5. The van der Waals surface area contributed by atoms with Crippen molar-refractivity contribution in [1.29, 1.82) is 0 Å². The van der Waals surface area contributed by atoms with E-state index in [9.17, 15) is 4.79 Å². The number of hydrogen-bond donors (Lipinski definition) is 0. The van der Waals surface area contributed by atoms with Crippen molar-refractivity contribution in [2.45, 2.75) is 0 Å². The molecule has 1 rings (SSSR count). The second-order valence-corrected chi connectivity index (χ2v) is 5.64. The van der Waals surface area contributed by atoms with Crippen LogP contribution in [-0.2, 0) is 0 Å². The summed E-state index contributed by atoms with van der Waals surface area (Å²) in [7, 11) is 0. The van der Waals surface area contributed by atoms with Gasteiger partial charge in [-0.15, -0.1) is 0 Å². The van der Waals surface area contributed by atoms with Gasteiger partial charge in [0, 0.05) is 0 Å². The molecule has 0 spiro atoms. The molecule has 44 valence electrons. The van der Waals surface area contributed by atoms with Crippen LogP contribution in [0, 0.1) is 2.88 Å². The third-order valence-corrected chi connectivity index (χ3v) is 4.65. The van der Waals surface area contributed by atoms with Crippen LogP contribution in [-0.4, -0.2) is 0 Å². The Bertz CT molecular complexity index is 217. The first-order chi connectivity index (χ1) is 3.70. The molecule has 0 unspecified atom stereocenters. The van der Waals surface area contributed by atoms with E-state index in [4.69, 9.17) is 11.6 Å². The highest BCUT2D eigenvalue weighted by Gasteiger charge is 1.99. The van der Waals surface area contributed by atoms with Gasteiger partial charge in [0.05, 0.1) is 2.88 Å². The Morgan fingerprint density at radius 2 is 2.12 bits per heavy atom. The molecule has 0 bridgehead atoms. The average Bonchev–Trinajstić information content (AvgIpc) is 1.85. The lowest BCUT2D eigenvalue weighted by Gasteiger charge is -1.71. The van der Waals surface area contributed by atoms with Crippen molar-refractivity contribution >= 4 is 56.9 Å². The van der Waals surface area contributed by atoms with Crippen molar-refractivity contribution in [2.75, 3.05) is 0 Å². The van der Waals surface area contributed by atoms with E-state index < -0.39 is 0 Å². The molecule has 1 aromatic heterocycles. The molecular weight excluding hydrogens is 279 g/mol. The first kappa shape index (κ1) is 6.98. The van der Waals surface area contributed by atoms with E-state index in [1.54, 1.807) is 0 Å². The Morgan fingerprint density at radius 3 is 2.25 bits per heavy atom. The van der Waals surface area contributed by atoms with Crippen molar-refractivity contribution in [3.05, 3.63) is 16.1 Å². The van der Waals surface area contributed by atoms with Gasteiger partial charge in [-0.05, 0) is 22.6 Å². The number of halogens is 2. The summed E-state index contributed by atoms with van der Waals surface area (Å²) in [5.41, 5.74) is 0. The molecule has 0 aliphatic heterocycles. The van der Waals surface area contributed by atoms with Crippen molar-refractivity contribution in [3.8, 4) is 0 Å². The van der Waals surface area contributed by atoms with Gasteiger partial charge in [-0.2, -0.15) is 0 Å². The monoisotopic (exact) mass is 278 g/mol. The van der Waals surface area contributed by atoms with Gasteiger partial charge in [-0.25, -0.2) is 0 Å². The third kappa shape index (κ3) is 1.43. The smallest absolute Gasteiger partial charge is 0.265 e. The fraction of sp³-hybridized carbons (Fsp3) is 0. The van der Waals surface area contributed by atoms with Crippen molar-refractivity contribution in [2.24, 2.45) is 0 Å². The highest BCUT2D eigenvalue weighted by molar-refractivity contribution is 14.1. The SMILES string of the molecule is O=c1sc(Cl)c(I)s1. The fourth-order valence-electron chi connectivity index (χ4n) is 0.247. The van der Waals surface area contributed by atoms with Crippen LogP contribution in [0.4, 0.5) is 0 Å². The Labute approximate surface area is 72.4 Å². The maximum absolute atomic E-state index is 10.5. The Hall–Kier alpha value is 0.870. The lowest BCUT2D eigenvalue weighted by molar-refractivity contribution is 2.18. The van der Waals surface area contributed by atoms with Gasteiger partial charge in [0.1, 0.15) is 4.34 Å². The maximum atomic E-state index is 10.5. The zero-order valence-corrected chi connectivity index (χ0v) is 8.03. The van der Waals surface area contributed by atoms with E-state index in [1.165, 1.54) is 11.3 Å². The predicted molar refractivity (Wildman–Crippen MR) is 46.2 cm³/mol. The van der Waals surface area contributed by atoms with Crippen LogP contribution in [0.25, 0.3) is 0 Å². The van der Waals surface area contributed by atoms with E-state index in [0.29, 0.717) is 4.34 Å². The second-order valence-electron chi connectivity index (χ2n) is 1.00. The minimum atomic E-state index is 0.0689. The van der Waals surface area contributed by atoms with E-state index >= 15 is 0 Å². The minimum Gasteiger partial charge on any atom is -0.265 e. The van der Waals surface area contributed by atoms with Crippen LogP contribution in [0.3, 0.4) is 0 Å². The molecule has 5 heteroatoms. The van der Waals surface area contributed by atoms with Crippen molar-refractivity contribution in [3.63, 3.8) is 0 Å².